The minimum absolute atomic E-state index is 0. The zero-order valence-corrected chi connectivity index (χ0v) is 10.6. The second-order valence-electron chi connectivity index (χ2n) is 3.70. The molecule has 0 bridgehead atoms. The minimum Gasteiger partial charge on any atom is -0.385 e. The van der Waals surface area contributed by atoms with Crippen molar-refractivity contribution in [3.05, 3.63) is 47.5 Å². The van der Waals surface area contributed by atoms with E-state index in [1.807, 2.05) is 24.9 Å². The molecule has 17 heavy (non-hydrogen) atoms. The number of hydrogen-bond acceptors (Lipinski definition) is 2. The Morgan fingerprint density at radius 3 is 2.47 bits per heavy atom. The maximum absolute atomic E-state index is 12.7. The van der Waals surface area contributed by atoms with Crippen LogP contribution in [-0.2, 0) is 6.54 Å². The van der Waals surface area contributed by atoms with Gasteiger partial charge in [-0.25, -0.2) is 4.39 Å². The highest BCUT2D eigenvalue weighted by atomic mass is 35.5. The number of hydrogen-bond donors (Lipinski definition) is 1. The Labute approximate surface area is 106 Å². The van der Waals surface area contributed by atoms with Crippen LogP contribution < -0.4 is 5.32 Å². The molecule has 0 spiro atoms. The van der Waals surface area contributed by atoms with E-state index in [1.54, 1.807) is 12.1 Å². The third-order valence-corrected chi connectivity index (χ3v) is 2.47. The lowest BCUT2D eigenvalue weighted by molar-refractivity contribution is 0.624. The molecular formula is C12H15ClFN3. The third-order valence-electron chi connectivity index (χ3n) is 2.47. The van der Waals surface area contributed by atoms with Crippen LogP contribution in [0, 0.1) is 12.7 Å². The lowest BCUT2D eigenvalue weighted by Crippen LogP contribution is -2.00. The molecule has 0 unspecified atom stereocenters. The molecule has 0 saturated heterocycles. The van der Waals surface area contributed by atoms with Gasteiger partial charge >= 0.3 is 0 Å². The predicted octanol–water partition coefficient (Wildman–Crippen LogP) is 2.84. The summed E-state index contributed by atoms with van der Waals surface area (Å²) in [7, 11) is 1.87. The number of nitrogens with one attached hydrogen (secondary N) is 1. The van der Waals surface area contributed by atoms with Gasteiger partial charge in [-0.05, 0) is 24.6 Å². The van der Waals surface area contributed by atoms with Crippen molar-refractivity contribution in [3.8, 4) is 0 Å². The van der Waals surface area contributed by atoms with E-state index < -0.39 is 0 Å². The van der Waals surface area contributed by atoms with Crippen LogP contribution in [0.4, 0.5) is 10.1 Å². The van der Waals surface area contributed by atoms with Gasteiger partial charge in [-0.1, -0.05) is 12.1 Å². The number of benzene rings is 1. The summed E-state index contributed by atoms with van der Waals surface area (Å²) in [6.45, 7) is 2.61. The van der Waals surface area contributed by atoms with E-state index in [9.17, 15) is 4.39 Å². The summed E-state index contributed by atoms with van der Waals surface area (Å²) in [5, 5.41) is 7.43. The maximum atomic E-state index is 12.7. The van der Waals surface area contributed by atoms with Crippen molar-refractivity contribution in [2.45, 2.75) is 13.5 Å². The molecule has 0 aliphatic heterocycles. The van der Waals surface area contributed by atoms with Crippen LogP contribution in [-0.4, -0.2) is 16.8 Å². The normalized spacial score (nSPS) is 9.82. The summed E-state index contributed by atoms with van der Waals surface area (Å²) in [6.07, 6.45) is 1.94. The molecule has 2 rings (SSSR count). The molecular weight excluding hydrogens is 241 g/mol. The summed E-state index contributed by atoms with van der Waals surface area (Å²) in [5.74, 6) is -0.212. The topological polar surface area (TPSA) is 29.9 Å². The molecule has 0 fully saturated rings. The summed E-state index contributed by atoms with van der Waals surface area (Å²) in [6, 6.07) is 6.46. The quantitative estimate of drug-likeness (QED) is 0.914. The highest BCUT2D eigenvalue weighted by molar-refractivity contribution is 5.85. The number of aromatic nitrogens is 2. The Morgan fingerprint density at radius 2 is 1.94 bits per heavy atom. The third kappa shape index (κ3) is 3.20. The second kappa shape index (κ2) is 5.68. The standard InChI is InChI=1S/C12H14FN3.ClH/c1-9-12(14-2)8-16(15-9)7-10-3-5-11(13)6-4-10;/h3-6,8,14H,7H2,1-2H3;1H. The number of aryl methyl sites for hydroxylation is 1. The van der Waals surface area contributed by atoms with Crippen molar-refractivity contribution in [1.82, 2.24) is 9.78 Å². The summed E-state index contributed by atoms with van der Waals surface area (Å²) >= 11 is 0. The average Bonchev–Trinajstić information content (AvgIpc) is 2.62. The fourth-order valence-corrected chi connectivity index (χ4v) is 1.62. The van der Waals surface area contributed by atoms with Gasteiger partial charge in [-0.2, -0.15) is 5.10 Å². The van der Waals surface area contributed by atoms with Gasteiger partial charge in [0.2, 0.25) is 0 Å². The largest absolute Gasteiger partial charge is 0.385 e. The molecule has 5 heteroatoms. The zero-order chi connectivity index (χ0) is 11.5. The molecule has 3 nitrogen and oxygen atoms in total. The molecule has 1 heterocycles. The Balaban J connectivity index is 0.00000144. The summed E-state index contributed by atoms with van der Waals surface area (Å²) in [5.41, 5.74) is 3.01. The van der Waals surface area contributed by atoms with E-state index >= 15 is 0 Å². The van der Waals surface area contributed by atoms with Crippen LogP contribution in [0.25, 0.3) is 0 Å². The van der Waals surface area contributed by atoms with Gasteiger partial charge in [0, 0.05) is 13.2 Å². The second-order valence-corrected chi connectivity index (χ2v) is 3.70. The van der Waals surface area contributed by atoms with Gasteiger partial charge < -0.3 is 5.32 Å². The number of halogens is 2. The number of rotatable bonds is 3. The minimum atomic E-state index is -0.212. The molecule has 0 saturated carbocycles. The van der Waals surface area contributed by atoms with E-state index in [0.717, 1.165) is 16.9 Å². The molecule has 0 amide bonds. The Bertz CT molecular complexity index is 479. The number of anilines is 1. The van der Waals surface area contributed by atoms with Gasteiger partial charge in [0.15, 0.2) is 0 Å². The zero-order valence-electron chi connectivity index (χ0n) is 9.77. The van der Waals surface area contributed by atoms with Crippen LogP contribution in [0.5, 0.6) is 0 Å². The van der Waals surface area contributed by atoms with Gasteiger partial charge in [-0.15, -0.1) is 12.4 Å². The van der Waals surface area contributed by atoms with Crippen LogP contribution in [0.15, 0.2) is 30.5 Å². The fourth-order valence-electron chi connectivity index (χ4n) is 1.62. The first kappa shape index (κ1) is 13.5. The van der Waals surface area contributed by atoms with Crippen molar-refractivity contribution in [2.75, 3.05) is 12.4 Å². The highest BCUT2D eigenvalue weighted by Crippen LogP contribution is 2.12. The lowest BCUT2D eigenvalue weighted by Gasteiger charge is -2.01. The highest BCUT2D eigenvalue weighted by Gasteiger charge is 2.03. The van der Waals surface area contributed by atoms with Crippen molar-refractivity contribution in [1.29, 1.82) is 0 Å². The molecule has 1 N–H and O–H groups in total. The molecule has 0 aliphatic carbocycles. The van der Waals surface area contributed by atoms with Gasteiger partial charge in [0.05, 0.1) is 17.9 Å². The Hall–Kier alpha value is -1.55. The van der Waals surface area contributed by atoms with Crippen molar-refractivity contribution < 1.29 is 4.39 Å². The molecule has 1 aromatic heterocycles. The first-order valence-electron chi connectivity index (χ1n) is 5.15. The predicted molar refractivity (Wildman–Crippen MR) is 69.3 cm³/mol. The first-order chi connectivity index (χ1) is 7.69. The van der Waals surface area contributed by atoms with Crippen molar-refractivity contribution in [2.24, 2.45) is 0 Å². The van der Waals surface area contributed by atoms with Gasteiger partial charge in [0.1, 0.15) is 5.82 Å². The maximum Gasteiger partial charge on any atom is 0.123 e. The van der Waals surface area contributed by atoms with E-state index in [-0.39, 0.29) is 18.2 Å². The molecule has 1 aromatic carbocycles. The van der Waals surface area contributed by atoms with E-state index in [1.165, 1.54) is 12.1 Å². The van der Waals surface area contributed by atoms with Gasteiger partial charge in [0.25, 0.3) is 0 Å². The van der Waals surface area contributed by atoms with Gasteiger partial charge in [-0.3, -0.25) is 4.68 Å². The summed E-state index contributed by atoms with van der Waals surface area (Å²) in [4.78, 5) is 0. The summed E-state index contributed by atoms with van der Waals surface area (Å²) < 4.78 is 14.6. The van der Waals surface area contributed by atoms with Crippen LogP contribution in [0.3, 0.4) is 0 Å². The fraction of sp³-hybridized carbons (Fsp3) is 0.250. The molecule has 0 radical (unpaired) electrons. The van der Waals surface area contributed by atoms with E-state index in [4.69, 9.17) is 0 Å². The number of nitrogens with zero attached hydrogens (tertiary/aromatic N) is 2. The van der Waals surface area contributed by atoms with Crippen LogP contribution >= 0.6 is 12.4 Å². The van der Waals surface area contributed by atoms with E-state index in [0.29, 0.717) is 6.54 Å². The first-order valence-corrected chi connectivity index (χ1v) is 5.15. The van der Waals surface area contributed by atoms with Crippen LogP contribution in [0.1, 0.15) is 11.3 Å². The van der Waals surface area contributed by atoms with Crippen molar-refractivity contribution >= 4 is 18.1 Å². The Kier molecular flexibility index (Phi) is 4.52. The molecule has 2 aromatic rings. The average molecular weight is 256 g/mol. The molecule has 0 aliphatic rings. The molecule has 0 atom stereocenters. The lowest BCUT2D eigenvalue weighted by atomic mass is 10.2. The van der Waals surface area contributed by atoms with E-state index in [2.05, 4.69) is 10.4 Å². The SMILES string of the molecule is CNc1cn(Cc2ccc(F)cc2)nc1C.Cl. The molecule has 92 valence electrons. The smallest absolute Gasteiger partial charge is 0.123 e. The van der Waals surface area contributed by atoms with Crippen LogP contribution in [0.2, 0.25) is 0 Å². The Morgan fingerprint density at radius 1 is 1.29 bits per heavy atom. The monoisotopic (exact) mass is 255 g/mol. The van der Waals surface area contributed by atoms with Crippen molar-refractivity contribution in [3.63, 3.8) is 0 Å².